The van der Waals surface area contributed by atoms with Gasteiger partial charge in [0.2, 0.25) is 11.8 Å². The molecular formula is C28H30F3N3O3. The predicted octanol–water partition coefficient (Wildman–Crippen LogP) is 4.74. The molecule has 0 saturated carbocycles. The molecule has 0 aliphatic carbocycles. The quantitative estimate of drug-likeness (QED) is 0.496. The van der Waals surface area contributed by atoms with Crippen molar-refractivity contribution in [2.24, 2.45) is 5.92 Å². The number of amides is 2. The number of halogens is 3. The van der Waals surface area contributed by atoms with Gasteiger partial charge in [0.1, 0.15) is 29.3 Å². The van der Waals surface area contributed by atoms with E-state index in [1.54, 1.807) is 42.9 Å². The molecule has 0 radical (unpaired) electrons. The predicted molar refractivity (Wildman–Crippen MR) is 133 cm³/mol. The molecule has 9 heteroatoms. The highest BCUT2D eigenvalue weighted by molar-refractivity contribution is 5.89. The standard InChI is InChI=1S/C28H30F3N3O3/c1-17(2)28(36)34-18(3)14-33(15-22-23(30)11-21(29)12-24(22)31)16-25(34)27(35)32-13-19-6-8-20(9-7-19)26-5-4-10-37-26/h4-12,17-18,25H,13-16H2,1-3H3,(H,32,35). The Bertz CT molecular complexity index is 1220. The molecule has 2 aromatic carbocycles. The van der Waals surface area contributed by atoms with Gasteiger partial charge in [-0.3, -0.25) is 14.5 Å². The van der Waals surface area contributed by atoms with Crippen LogP contribution < -0.4 is 5.32 Å². The molecule has 1 saturated heterocycles. The van der Waals surface area contributed by atoms with Crippen LogP contribution >= 0.6 is 0 Å². The molecule has 196 valence electrons. The topological polar surface area (TPSA) is 65.8 Å². The lowest BCUT2D eigenvalue weighted by Crippen LogP contribution is -2.64. The fourth-order valence-electron chi connectivity index (χ4n) is 4.67. The van der Waals surface area contributed by atoms with Crippen LogP contribution in [-0.4, -0.2) is 46.8 Å². The van der Waals surface area contributed by atoms with E-state index in [9.17, 15) is 22.8 Å². The maximum Gasteiger partial charge on any atom is 0.244 e. The Kier molecular flexibility index (Phi) is 8.02. The van der Waals surface area contributed by atoms with E-state index in [4.69, 9.17) is 4.42 Å². The van der Waals surface area contributed by atoms with Gasteiger partial charge in [0, 0.05) is 61.4 Å². The van der Waals surface area contributed by atoms with Crippen molar-refractivity contribution in [2.75, 3.05) is 13.1 Å². The zero-order valence-corrected chi connectivity index (χ0v) is 21.0. The maximum atomic E-state index is 14.3. The molecule has 1 aromatic heterocycles. The number of carbonyl (C=O) groups excluding carboxylic acids is 2. The third kappa shape index (κ3) is 6.05. The summed E-state index contributed by atoms with van der Waals surface area (Å²) in [7, 11) is 0. The minimum atomic E-state index is -0.992. The molecule has 37 heavy (non-hydrogen) atoms. The summed E-state index contributed by atoms with van der Waals surface area (Å²) in [6.07, 6.45) is 1.60. The Labute approximate surface area is 214 Å². The highest BCUT2D eigenvalue weighted by atomic mass is 19.1. The Morgan fingerprint density at radius 3 is 2.32 bits per heavy atom. The van der Waals surface area contributed by atoms with E-state index in [1.807, 2.05) is 30.3 Å². The SMILES string of the molecule is CC(C)C(=O)N1C(C)CN(Cc2c(F)cc(F)cc2F)CC1C(=O)NCc1ccc(-c2ccco2)cc1. The molecule has 2 atom stereocenters. The first-order valence-corrected chi connectivity index (χ1v) is 12.2. The molecular weight excluding hydrogens is 483 g/mol. The molecule has 1 N–H and O–H groups in total. The second-order valence-electron chi connectivity index (χ2n) is 9.70. The van der Waals surface area contributed by atoms with Crippen LogP contribution in [0.2, 0.25) is 0 Å². The average Bonchev–Trinajstić information content (AvgIpc) is 3.39. The smallest absolute Gasteiger partial charge is 0.244 e. The van der Waals surface area contributed by atoms with Crippen LogP contribution in [0.5, 0.6) is 0 Å². The largest absolute Gasteiger partial charge is 0.464 e. The number of hydrogen-bond acceptors (Lipinski definition) is 4. The summed E-state index contributed by atoms with van der Waals surface area (Å²) in [6, 6.07) is 11.3. The number of benzene rings is 2. The van der Waals surface area contributed by atoms with Crippen LogP contribution in [0.4, 0.5) is 13.2 Å². The molecule has 1 fully saturated rings. The van der Waals surface area contributed by atoms with Gasteiger partial charge in [-0.05, 0) is 24.6 Å². The van der Waals surface area contributed by atoms with Gasteiger partial charge in [0.05, 0.1) is 6.26 Å². The number of carbonyl (C=O) groups is 2. The summed E-state index contributed by atoms with van der Waals surface area (Å²) in [6.45, 7) is 5.82. The zero-order valence-electron chi connectivity index (χ0n) is 21.0. The van der Waals surface area contributed by atoms with E-state index in [-0.39, 0.29) is 49.0 Å². The van der Waals surface area contributed by atoms with Gasteiger partial charge >= 0.3 is 0 Å². The fourth-order valence-corrected chi connectivity index (χ4v) is 4.67. The number of furan rings is 1. The molecule has 4 rings (SSSR count). The van der Waals surface area contributed by atoms with Gasteiger partial charge in [-0.2, -0.15) is 0 Å². The fraction of sp³-hybridized carbons (Fsp3) is 0.357. The monoisotopic (exact) mass is 513 g/mol. The lowest BCUT2D eigenvalue weighted by Gasteiger charge is -2.45. The normalized spacial score (nSPS) is 18.3. The first kappa shape index (κ1) is 26.5. The molecule has 2 unspecified atom stereocenters. The maximum absolute atomic E-state index is 14.3. The Balaban J connectivity index is 1.49. The van der Waals surface area contributed by atoms with E-state index in [0.717, 1.165) is 16.9 Å². The van der Waals surface area contributed by atoms with Crippen molar-refractivity contribution in [3.8, 4) is 11.3 Å². The lowest BCUT2D eigenvalue weighted by atomic mass is 10.0. The summed E-state index contributed by atoms with van der Waals surface area (Å²) in [5, 5.41) is 2.90. The molecule has 6 nitrogen and oxygen atoms in total. The number of piperazine rings is 1. The number of rotatable bonds is 7. The minimum absolute atomic E-state index is 0.0856. The highest BCUT2D eigenvalue weighted by Gasteiger charge is 2.40. The van der Waals surface area contributed by atoms with E-state index in [0.29, 0.717) is 18.7 Å². The third-order valence-corrected chi connectivity index (χ3v) is 6.53. The molecule has 3 aromatic rings. The Morgan fingerprint density at radius 1 is 1.05 bits per heavy atom. The number of hydrogen-bond donors (Lipinski definition) is 1. The summed E-state index contributed by atoms with van der Waals surface area (Å²) in [4.78, 5) is 29.6. The second kappa shape index (κ2) is 11.2. The average molecular weight is 514 g/mol. The van der Waals surface area contributed by atoms with Gasteiger partial charge < -0.3 is 14.6 Å². The van der Waals surface area contributed by atoms with E-state index in [1.165, 1.54) is 0 Å². The molecule has 2 amide bonds. The molecule has 1 aliphatic heterocycles. The molecule has 2 heterocycles. The van der Waals surface area contributed by atoms with Crippen LogP contribution in [0.3, 0.4) is 0 Å². The van der Waals surface area contributed by atoms with Gasteiger partial charge in [0.25, 0.3) is 0 Å². The minimum Gasteiger partial charge on any atom is -0.464 e. The van der Waals surface area contributed by atoms with Gasteiger partial charge in [-0.1, -0.05) is 38.1 Å². The number of nitrogens with zero attached hydrogens (tertiary/aromatic N) is 2. The second-order valence-corrected chi connectivity index (χ2v) is 9.70. The van der Waals surface area contributed by atoms with Crippen molar-refractivity contribution in [1.29, 1.82) is 0 Å². The first-order chi connectivity index (χ1) is 17.6. The van der Waals surface area contributed by atoms with Crippen molar-refractivity contribution in [1.82, 2.24) is 15.1 Å². The van der Waals surface area contributed by atoms with Gasteiger partial charge in [-0.15, -0.1) is 0 Å². The van der Waals surface area contributed by atoms with E-state index < -0.39 is 23.5 Å². The van der Waals surface area contributed by atoms with Crippen molar-refractivity contribution in [2.45, 2.75) is 45.9 Å². The lowest BCUT2D eigenvalue weighted by molar-refractivity contribution is -0.150. The van der Waals surface area contributed by atoms with Gasteiger partial charge in [0.15, 0.2) is 0 Å². The van der Waals surface area contributed by atoms with Crippen LogP contribution in [0.1, 0.15) is 31.9 Å². The summed E-state index contributed by atoms with van der Waals surface area (Å²) in [5.74, 6) is -3.08. The van der Waals surface area contributed by atoms with Crippen LogP contribution in [0.25, 0.3) is 11.3 Å². The summed E-state index contributed by atoms with van der Waals surface area (Å²) >= 11 is 0. The Morgan fingerprint density at radius 2 is 1.73 bits per heavy atom. The van der Waals surface area contributed by atoms with E-state index >= 15 is 0 Å². The van der Waals surface area contributed by atoms with Crippen LogP contribution in [0.15, 0.2) is 59.2 Å². The van der Waals surface area contributed by atoms with E-state index in [2.05, 4.69) is 5.32 Å². The third-order valence-electron chi connectivity index (χ3n) is 6.53. The van der Waals surface area contributed by atoms with Crippen LogP contribution in [-0.2, 0) is 22.7 Å². The zero-order chi connectivity index (χ0) is 26.7. The number of nitrogens with one attached hydrogen (secondary N) is 1. The van der Waals surface area contributed by atoms with Crippen molar-refractivity contribution in [3.05, 3.63) is 83.4 Å². The molecule has 1 aliphatic rings. The van der Waals surface area contributed by atoms with Crippen molar-refractivity contribution < 1.29 is 27.2 Å². The first-order valence-electron chi connectivity index (χ1n) is 12.2. The van der Waals surface area contributed by atoms with Crippen molar-refractivity contribution >= 4 is 11.8 Å². The summed E-state index contributed by atoms with van der Waals surface area (Å²) in [5.41, 5.74) is 1.50. The van der Waals surface area contributed by atoms with Gasteiger partial charge in [-0.25, -0.2) is 13.2 Å². The Hall–Kier alpha value is -3.59. The van der Waals surface area contributed by atoms with Crippen molar-refractivity contribution in [3.63, 3.8) is 0 Å². The highest BCUT2D eigenvalue weighted by Crippen LogP contribution is 2.24. The molecule has 0 bridgehead atoms. The summed E-state index contributed by atoms with van der Waals surface area (Å²) < 4.78 is 47.4. The molecule has 0 spiro atoms. The van der Waals surface area contributed by atoms with Crippen LogP contribution in [0, 0.1) is 23.4 Å².